The minimum absolute atomic E-state index is 0.507. The van der Waals surface area contributed by atoms with Crippen molar-refractivity contribution in [2.24, 2.45) is 5.41 Å². The van der Waals surface area contributed by atoms with Crippen molar-refractivity contribution in [2.75, 3.05) is 18.0 Å². The highest BCUT2D eigenvalue weighted by atomic mass is 15.3. The number of anilines is 1. The van der Waals surface area contributed by atoms with E-state index in [9.17, 15) is 0 Å². The van der Waals surface area contributed by atoms with Crippen LogP contribution in [0.2, 0.25) is 0 Å². The first-order chi connectivity index (χ1) is 10.1. The number of piperidine rings is 1. The number of nitrogens with one attached hydrogen (secondary N) is 1. The summed E-state index contributed by atoms with van der Waals surface area (Å²) >= 11 is 0. The maximum absolute atomic E-state index is 4.39. The van der Waals surface area contributed by atoms with Crippen molar-refractivity contribution in [3.05, 3.63) is 18.5 Å². The smallest absolute Gasteiger partial charge is 0.225 e. The molecule has 2 atom stereocenters. The lowest BCUT2D eigenvalue weighted by molar-refractivity contribution is 0.185. The average molecular weight is 288 g/mol. The van der Waals surface area contributed by atoms with Crippen molar-refractivity contribution in [3.8, 4) is 0 Å². The topological polar surface area (TPSA) is 41.0 Å². The monoisotopic (exact) mass is 288 g/mol. The van der Waals surface area contributed by atoms with Crippen LogP contribution in [0.25, 0.3) is 0 Å². The van der Waals surface area contributed by atoms with E-state index in [0.717, 1.165) is 19.0 Å². The molecule has 1 aromatic heterocycles. The van der Waals surface area contributed by atoms with Gasteiger partial charge >= 0.3 is 0 Å². The Morgan fingerprint density at radius 1 is 1.14 bits per heavy atom. The van der Waals surface area contributed by atoms with Gasteiger partial charge in [-0.15, -0.1) is 0 Å². The van der Waals surface area contributed by atoms with Crippen molar-refractivity contribution < 1.29 is 0 Å². The van der Waals surface area contributed by atoms with Gasteiger partial charge in [0.2, 0.25) is 5.95 Å². The lowest BCUT2D eigenvalue weighted by Gasteiger charge is -2.40. The van der Waals surface area contributed by atoms with E-state index in [-0.39, 0.29) is 0 Å². The molecule has 4 nitrogen and oxygen atoms in total. The second-order valence-electron chi connectivity index (χ2n) is 7.46. The Morgan fingerprint density at radius 3 is 2.67 bits per heavy atom. The fourth-order valence-electron chi connectivity index (χ4n) is 3.92. The number of nitrogens with zero attached hydrogens (tertiary/aromatic N) is 3. The molecule has 2 heterocycles. The van der Waals surface area contributed by atoms with Gasteiger partial charge in [0.25, 0.3) is 0 Å². The largest absolute Gasteiger partial charge is 0.339 e. The number of rotatable bonds is 3. The van der Waals surface area contributed by atoms with E-state index in [1.165, 1.54) is 38.5 Å². The van der Waals surface area contributed by atoms with Gasteiger partial charge in [0.05, 0.1) is 0 Å². The Morgan fingerprint density at radius 2 is 1.90 bits per heavy atom. The van der Waals surface area contributed by atoms with Crippen LogP contribution >= 0.6 is 0 Å². The maximum Gasteiger partial charge on any atom is 0.225 e. The molecule has 116 valence electrons. The standard InChI is InChI=1S/C17H28N4/c1-17(2)8-3-6-14(12-17)20-15-7-4-11-21(13-15)16-18-9-5-10-19-16/h5,9-10,14-15,20H,3-4,6-8,11-13H2,1-2H3. The summed E-state index contributed by atoms with van der Waals surface area (Å²) in [7, 11) is 0. The van der Waals surface area contributed by atoms with E-state index < -0.39 is 0 Å². The van der Waals surface area contributed by atoms with Gasteiger partial charge in [-0.05, 0) is 43.6 Å². The highest BCUT2D eigenvalue weighted by molar-refractivity contribution is 5.29. The van der Waals surface area contributed by atoms with E-state index in [1.807, 2.05) is 18.5 Å². The Hall–Kier alpha value is -1.16. The minimum Gasteiger partial charge on any atom is -0.339 e. The second-order valence-corrected chi connectivity index (χ2v) is 7.46. The van der Waals surface area contributed by atoms with E-state index in [4.69, 9.17) is 0 Å². The fourth-order valence-corrected chi connectivity index (χ4v) is 3.92. The lowest BCUT2D eigenvalue weighted by atomic mass is 9.75. The summed E-state index contributed by atoms with van der Waals surface area (Å²) < 4.78 is 0. The van der Waals surface area contributed by atoms with Gasteiger partial charge < -0.3 is 10.2 Å². The zero-order valence-electron chi connectivity index (χ0n) is 13.4. The molecule has 0 aromatic carbocycles. The van der Waals surface area contributed by atoms with E-state index in [1.54, 1.807) is 0 Å². The molecule has 4 heteroatoms. The molecule has 1 saturated carbocycles. The second kappa shape index (κ2) is 6.30. The molecule has 1 N–H and O–H groups in total. The molecule has 2 aliphatic rings. The minimum atomic E-state index is 0.507. The van der Waals surface area contributed by atoms with Crippen LogP contribution in [0.3, 0.4) is 0 Å². The van der Waals surface area contributed by atoms with Gasteiger partial charge in [-0.1, -0.05) is 20.3 Å². The zero-order chi connectivity index (χ0) is 14.7. The molecule has 3 rings (SSSR count). The Labute approximate surface area is 128 Å². The highest BCUT2D eigenvalue weighted by Crippen LogP contribution is 2.35. The summed E-state index contributed by atoms with van der Waals surface area (Å²) in [5.74, 6) is 0.882. The lowest BCUT2D eigenvalue weighted by Crippen LogP contribution is -2.51. The molecule has 0 spiro atoms. The zero-order valence-corrected chi connectivity index (χ0v) is 13.4. The van der Waals surface area contributed by atoms with Crippen LogP contribution in [-0.2, 0) is 0 Å². The number of hydrogen-bond acceptors (Lipinski definition) is 4. The normalized spacial score (nSPS) is 29.3. The summed E-state index contributed by atoms with van der Waals surface area (Å²) in [4.78, 5) is 11.1. The van der Waals surface area contributed by atoms with Crippen molar-refractivity contribution >= 4 is 5.95 Å². The Balaban J connectivity index is 1.56. The van der Waals surface area contributed by atoms with Gasteiger partial charge in [-0.2, -0.15) is 0 Å². The maximum atomic E-state index is 4.39. The molecule has 2 fully saturated rings. The van der Waals surface area contributed by atoms with Crippen molar-refractivity contribution in [1.82, 2.24) is 15.3 Å². The van der Waals surface area contributed by atoms with Crippen LogP contribution in [0, 0.1) is 5.41 Å². The van der Waals surface area contributed by atoms with Crippen molar-refractivity contribution in [3.63, 3.8) is 0 Å². The highest BCUT2D eigenvalue weighted by Gasteiger charge is 2.30. The van der Waals surface area contributed by atoms with Crippen LogP contribution in [0.1, 0.15) is 52.4 Å². The van der Waals surface area contributed by atoms with E-state index in [2.05, 4.69) is 34.0 Å². The van der Waals surface area contributed by atoms with Gasteiger partial charge in [-0.3, -0.25) is 0 Å². The van der Waals surface area contributed by atoms with Crippen molar-refractivity contribution in [1.29, 1.82) is 0 Å². The van der Waals surface area contributed by atoms with Gasteiger partial charge in [0, 0.05) is 37.6 Å². The quantitative estimate of drug-likeness (QED) is 0.928. The molecule has 1 saturated heterocycles. The number of aromatic nitrogens is 2. The molecular weight excluding hydrogens is 260 g/mol. The SMILES string of the molecule is CC1(C)CCCC(NC2CCCN(c3ncccn3)C2)C1. The molecule has 1 aliphatic carbocycles. The van der Waals surface area contributed by atoms with Crippen LogP contribution in [0.15, 0.2) is 18.5 Å². The van der Waals surface area contributed by atoms with Crippen LogP contribution in [-0.4, -0.2) is 35.1 Å². The third kappa shape index (κ3) is 3.94. The predicted octanol–water partition coefficient (Wildman–Crippen LogP) is 3.00. The number of hydrogen-bond donors (Lipinski definition) is 1. The fraction of sp³-hybridized carbons (Fsp3) is 0.765. The summed E-state index contributed by atoms with van der Waals surface area (Å²) in [6.45, 7) is 6.94. The Bertz CT molecular complexity index is 445. The third-order valence-corrected chi connectivity index (χ3v) is 4.93. The van der Waals surface area contributed by atoms with E-state index in [0.29, 0.717) is 17.5 Å². The molecule has 2 unspecified atom stereocenters. The van der Waals surface area contributed by atoms with Crippen LogP contribution in [0.4, 0.5) is 5.95 Å². The van der Waals surface area contributed by atoms with Gasteiger partial charge in [0.1, 0.15) is 0 Å². The third-order valence-electron chi connectivity index (χ3n) is 4.93. The molecule has 1 aliphatic heterocycles. The molecular formula is C17H28N4. The van der Waals surface area contributed by atoms with Crippen molar-refractivity contribution in [2.45, 2.75) is 64.5 Å². The molecule has 1 aromatic rings. The first kappa shape index (κ1) is 14.8. The first-order valence-corrected chi connectivity index (χ1v) is 8.40. The summed E-state index contributed by atoms with van der Waals surface area (Å²) in [6.07, 6.45) is 11.6. The molecule has 0 radical (unpaired) electrons. The summed E-state index contributed by atoms with van der Waals surface area (Å²) in [5.41, 5.74) is 0.507. The first-order valence-electron chi connectivity index (χ1n) is 8.40. The Kier molecular flexibility index (Phi) is 4.43. The predicted molar refractivity (Wildman–Crippen MR) is 86.4 cm³/mol. The summed E-state index contributed by atoms with van der Waals surface area (Å²) in [5, 5.41) is 3.92. The van der Waals surface area contributed by atoms with Crippen LogP contribution < -0.4 is 10.2 Å². The van der Waals surface area contributed by atoms with Gasteiger partial charge in [-0.25, -0.2) is 9.97 Å². The van der Waals surface area contributed by atoms with E-state index >= 15 is 0 Å². The average Bonchev–Trinajstić information content (AvgIpc) is 2.47. The summed E-state index contributed by atoms with van der Waals surface area (Å²) in [6, 6.07) is 3.16. The van der Waals surface area contributed by atoms with Gasteiger partial charge in [0.15, 0.2) is 0 Å². The molecule has 21 heavy (non-hydrogen) atoms. The van der Waals surface area contributed by atoms with Crippen LogP contribution in [0.5, 0.6) is 0 Å². The molecule has 0 amide bonds. The molecule has 0 bridgehead atoms.